The third kappa shape index (κ3) is 5.28. The number of amides is 1. The Labute approximate surface area is 186 Å². The number of methoxy groups -OCH3 is 1. The minimum atomic E-state index is -0.0227. The first-order chi connectivity index (χ1) is 15.7. The molecule has 4 aromatic rings. The molecule has 2 N–H and O–H groups in total. The largest absolute Gasteiger partial charge is 0.383 e. The highest BCUT2D eigenvalue weighted by Crippen LogP contribution is 2.20. The third-order valence-corrected chi connectivity index (χ3v) is 5.10. The summed E-state index contributed by atoms with van der Waals surface area (Å²) in [5, 5.41) is 11.4. The van der Waals surface area contributed by atoms with E-state index in [1.54, 1.807) is 18.0 Å². The van der Waals surface area contributed by atoms with Gasteiger partial charge in [0.25, 0.3) is 0 Å². The lowest BCUT2D eigenvalue weighted by atomic mass is 10.0. The lowest BCUT2D eigenvalue weighted by Crippen LogP contribution is -2.28. The molecule has 0 aliphatic heterocycles. The topological polar surface area (TPSA) is 94.0 Å². The zero-order valence-electron chi connectivity index (χ0n) is 18.0. The molecule has 0 aliphatic carbocycles. The van der Waals surface area contributed by atoms with Gasteiger partial charge in [-0.05, 0) is 16.7 Å². The molecule has 0 fully saturated rings. The van der Waals surface area contributed by atoms with Gasteiger partial charge in [-0.3, -0.25) is 4.79 Å². The molecule has 32 heavy (non-hydrogen) atoms. The van der Waals surface area contributed by atoms with Crippen molar-refractivity contribution in [3.63, 3.8) is 0 Å². The van der Waals surface area contributed by atoms with Crippen molar-refractivity contribution in [1.29, 1.82) is 0 Å². The van der Waals surface area contributed by atoms with E-state index in [1.165, 1.54) is 6.33 Å². The molecule has 0 saturated heterocycles. The molecule has 0 unspecified atom stereocenters. The number of nitrogens with one attached hydrogen (secondary N) is 2. The molecule has 2 heterocycles. The van der Waals surface area contributed by atoms with E-state index in [0.29, 0.717) is 32.7 Å². The number of rotatable bonds is 10. The summed E-state index contributed by atoms with van der Waals surface area (Å²) in [5.41, 5.74) is 4.01. The van der Waals surface area contributed by atoms with Crippen LogP contribution in [0.3, 0.4) is 0 Å². The van der Waals surface area contributed by atoms with Crippen molar-refractivity contribution >= 4 is 22.8 Å². The fraction of sp³-hybridized carbons (Fsp3) is 0.250. The third-order valence-electron chi connectivity index (χ3n) is 5.10. The van der Waals surface area contributed by atoms with Crippen LogP contribution in [-0.4, -0.2) is 52.5 Å². The first kappa shape index (κ1) is 21.5. The van der Waals surface area contributed by atoms with Crippen molar-refractivity contribution in [2.24, 2.45) is 0 Å². The maximum atomic E-state index is 12.4. The van der Waals surface area contributed by atoms with Crippen molar-refractivity contribution in [1.82, 2.24) is 25.1 Å². The molecule has 164 valence electrons. The molecule has 2 aromatic carbocycles. The Morgan fingerprint density at radius 1 is 1.00 bits per heavy atom. The van der Waals surface area contributed by atoms with Crippen LogP contribution >= 0.6 is 0 Å². The Morgan fingerprint density at radius 2 is 1.78 bits per heavy atom. The van der Waals surface area contributed by atoms with Gasteiger partial charge in [0.1, 0.15) is 12.1 Å². The average molecular weight is 431 g/mol. The number of carbonyl (C=O) groups is 1. The van der Waals surface area contributed by atoms with Gasteiger partial charge in [0.2, 0.25) is 5.91 Å². The molecule has 0 bridgehead atoms. The summed E-state index contributed by atoms with van der Waals surface area (Å²) in [7, 11) is 1.66. The molecule has 0 radical (unpaired) electrons. The van der Waals surface area contributed by atoms with E-state index in [2.05, 4.69) is 37.8 Å². The smallest absolute Gasteiger partial charge is 0.224 e. The van der Waals surface area contributed by atoms with Crippen molar-refractivity contribution in [3.8, 4) is 11.1 Å². The van der Waals surface area contributed by atoms with E-state index >= 15 is 0 Å². The predicted molar refractivity (Wildman–Crippen MR) is 124 cm³/mol. The number of nitrogens with zero attached hydrogens (tertiary/aromatic N) is 4. The summed E-state index contributed by atoms with van der Waals surface area (Å²) in [6, 6.07) is 18.3. The van der Waals surface area contributed by atoms with Gasteiger partial charge >= 0.3 is 0 Å². The Hall–Kier alpha value is -3.78. The number of anilines is 1. The lowest BCUT2D eigenvalue weighted by Gasteiger charge is -2.08. The van der Waals surface area contributed by atoms with E-state index in [0.717, 1.165) is 33.5 Å². The number of carbonyl (C=O) groups excluding carboxylic acids is 1. The van der Waals surface area contributed by atoms with Gasteiger partial charge in [-0.25, -0.2) is 14.6 Å². The molecule has 0 saturated carbocycles. The van der Waals surface area contributed by atoms with Crippen LogP contribution in [0.15, 0.2) is 67.1 Å². The minimum Gasteiger partial charge on any atom is -0.383 e. The van der Waals surface area contributed by atoms with Crippen LogP contribution in [0.1, 0.15) is 5.56 Å². The number of benzene rings is 2. The highest BCUT2D eigenvalue weighted by atomic mass is 16.5. The van der Waals surface area contributed by atoms with Crippen molar-refractivity contribution in [2.45, 2.75) is 13.0 Å². The SMILES string of the molecule is COCCNc1ncnc2c1cnn2CCNC(=O)Cc1ccc(-c2ccccc2)cc1. The van der Waals surface area contributed by atoms with Crippen molar-refractivity contribution in [3.05, 3.63) is 72.7 Å². The summed E-state index contributed by atoms with van der Waals surface area (Å²) < 4.78 is 6.83. The van der Waals surface area contributed by atoms with E-state index in [4.69, 9.17) is 4.74 Å². The Morgan fingerprint density at radius 3 is 2.56 bits per heavy atom. The highest BCUT2D eigenvalue weighted by Gasteiger charge is 2.10. The fourth-order valence-corrected chi connectivity index (χ4v) is 3.46. The predicted octanol–water partition coefficient (Wildman–Crippen LogP) is 2.91. The number of aromatic nitrogens is 4. The first-order valence-corrected chi connectivity index (χ1v) is 10.5. The quantitative estimate of drug-likeness (QED) is 0.376. The average Bonchev–Trinajstić information content (AvgIpc) is 3.24. The number of ether oxygens (including phenoxy) is 1. The van der Waals surface area contributed by atoms with E-state index in [1.807, 2.05) is 42.5 Å². The summed E-state index contributed by atoms with van der Waals surface area (Å²) in [5.74, 6) is 0.701. The molecule has 1 amide bonds. The second-order valence-electron chi connectivity index (χ2n) is 7.34. The normalized spacial score (nSPS) is 10.9. The van der Waals surface area contributed by atoms with E-state index in [-0.39, 0.29) is 5.91 Å². The van der Waals surface area contributed by atoms with Gasteiger partial charge < -0.3 is 15.4 Å². The van der Waals surface area contributed by atoms with Gasteiger partial charge in [-0.2, -0.15) is 5.10 Å². The second-order valence-corrected chi connectivity index (χ2v) is 7.34. The molecule has 0 spiro atoms. The molecule has 0 aliphatic rings. The standard InChI is InChI=1S/C24H26N6O2/c1-32-14-12-26-23-21-16-29-30(24(21)28-17-27-23)13-11-25-22(31)15-18-7-9-20(10-8-18)19-5-3-2-4-6-19/h2-10,16-17H,11-15H2,1H3,(H,25,31)(H,26,27,28). The van der Waals surface area contributed by atoms with Crippen LogP contribution in [0.4, 0.5) is 5.82 Å². The van der Waals surface area contributed by atoms with Crippen molar-refractivity contribution in [2.75, 3.05) is 32.1 Å². The Kier molecular flexibility index (Phi) is 7.04. The number of hydrogen-bond acceptors (Lipinski definition) is 6. The lowest BCUT2D eigenvalue weighted by molar-refractivity contribution is -0.120. The van der Waals surface area contributed by atoms with Crippen LogP contribution < -0.4 is 10.6 Å². The van der Waals surface area contributed by atoms with Gasteiger partial charge in [-0.1, -0.05) is 54.6 Å². The molecule has 8 nitrogen and oxygen atoms in total. The minimum absolute atomic E-state index is 0.0227. The summed E-state index contributed by atoms with van der Waals surface area (Å²) in [6.45, 7) is 2.22. The van der Waals surface area contributed by atoms with Gasteiger partial charge in [0, 0.05) is 20.2 Å². The zero-order valence-corrected chi connectivity index (χ0v) is 18.0. The van der Waals surface area contributed by atoms with E-state index < -0.39 is 0 Å². The first-order valence-electron chi connectivity index (χ1n) is 10.5. The van der Waals surface area contributed by atoms with Crippen LogP contribution in [0, 0.1) is 0 Å². The molecule has 0 atom stereocenters. The molecule has 8 heteroatoms. The van der Waals surface area contributed by atoms with E-state index in [9.17, 15) is 4.79 Å². The van der Waals surface area contributed by atoms with Crippen molar-refractivity contribution < 1.29 is 9.53 Å². The summed E-state index contributed by atoms with van der Waals surface area (Å²) >= 11 is 0. The molecule has 2 aromatic heterocycles. The fourth-order valence-electron chi connectivity index (χ4n) is 3.46. The Bertz CT molecular complexity index is 1160. The van der Waals surface area contributed by atoms with Crippen LogP contribution in [0.25, 0.3) is 22.2 Å². The van der Waals surface area contributed by atoms with Crippen LogP contribution in [-0.2, 0) is 22.5 Å². The van der Waals surface area contributed by atoms with Gasteiger partial charge in [0.05, 0.1) is 31.2 Å². The maximum absolute atomic E-state index is 12.4. The number of fused-ring (bicyclic) bond motifs is 1. The van der Waals surface area contributed by atoms with Gasteiger partial charge in [-0.15, -0.1) is 0 Å². The Balaban J connectivity index is 1.29. The zero-order chi connectivity index (χ0) is 22.2. The van der Waals surface area contributed by atoms with Crippen LogP contribution in [0.5, 0.6) is 0 Å². The van der Waals surface area contributed by atoms with Crippen LogP contribution in [0.2, 0.25) is 0 Å². The highest BCUT2D eigenvalue weighted by molar-refractivity contribution is 5.86. The second kappa shape index (κ2) is 10.5. The maximum Gasteiger partial charge on any atom is 0.224 e. The molecular formula is C24H26N6O2. The molecular weight excluding hydrogens is 404 g/mol. The summed E-state index contributed by atoms with van der Waals surface area (Å²) in [6.07, 6.45) is 3.58. The van der Waals surface area contributed by atoms with Gasteiger partial charge in [0.15, 0.2) is 5.65 Å². The number of hydrogen-bond donors (Lipinski definition) is 2. The monoisotopic (exact) mass is 430 g/mol. The summed E-state index contributed by atoms with van der Waals surface area (Å²) in [4.78, 5) is 21.0. The molecule has 4 rings (SSSR count).